The number of fused-ring (bicyclic) bond motifs is 1. The van der Waals surface area contributed by atoms with E-state index < -0.39 is 0 Å². The Morgan fingerprint density at radius 3 is 2.61 bits per heavy atom. The maximum Gasteiger partial charge on any atom is 0.0114 e. The molecule has 2 heterocycles. The summed E-state index contributed by atoms with van der Waals surface area (Å²) in [5.41, 5.74) is 0. The predicted molar refractivity (Wildman–Crippen MR) is 74.5 cm³/mol. The second-order valence-electron chi connectivity index (χ2n) is 7.44. The molecule has 102 valence electrons. The fraction of sp³-hybridized carbons (Fsp3) is 1.00. The van der Waals surface area contributed by atoms with Crippen LogP contribution in [0.2, 0.25) is 0 Å². The Bertz CT molecular complexity index is 312. The highest BCUT2D eigenvalue weighted by Crippen LogP contribution is 2.46. The molecule has 0 aromatic carbocycles. The zero-order valence-corrected chi connectivity index (χ0v) is 11.8. The summed E-state index contributed by atoms with van der Waals surface area (Å²) in [6.07, 6.45) is 9.15. The van der Waals surface area contributed by atoms with Gasteiger partial charge in [-0.3, -0.25) is 4.90 Å². The third-order valence-electron chi connectivity index (χ3n) is 6.42. The van der Waals surface area contributed by atoms with E-state index in [1.54, 1.807) is 12.8 Å². The monoisotopic (exact) mass is 248 g/mol. The molecule has 4 rings (SSSR count). The van der Waals surface area contributed by atoms with Gasteiger partial charge in [-0.15, -0.1) is 0 Å². The normalized spacial score (nSPS) is 49.5. The second kappa shape index (κ2) is 4.49. The molecule has 0 aromatic rings. The molecule has 1 N–H and O–H groups in total. The van der Waals surface area contributed by atoms with E-state index in [1.807, 2.05) is 0 Å². The number of hydrogen-bond donors (Lipinski definition) is 1. The van der Waals surface area contributed by atoms with Crippen LogP contribution in [0.25, 0.3) is 0 Å². The maximum atomic E-state index is 3.59. The van der Waals surface area contributed by atoms with Crippen LogP contribution in [0.5, 0.6) is 0 Å². The Morgan fingerprint density at radius 2 is 1.83 bits per heavy atom. The number of rotatable bonds is 2. The first-order valence-electron chi connectivity index (χ1n) is 8.29. The molecule has 5 atom stereocenters. The van der Waals surface area contributed by atoms with Crippen molar-refractivity contribution < 1.29 is 0 Å². The molecule has 18 heavy (non-hydrogen) atoms. The number of likely N-dealkylation sites (tertiary alicyclic amines) is 1. The van der Waals surface area contributed by atoms with Crippen molar-refractivity contribution in [2.75, 3.05) is 19.6 Å². The van der Waals surface area contributed by atoms with Crippen LogP contribution >= 0.6 is 0 Å². The van der Waals surface area contributed by atoms with Gasteiger partial charge in [-0.25, -0.2) is 0 Å². The van der Waals surface area contributed by atoms with Gasteiger partial charge < -0.3 is 5.32 Å². The molecular weight excluding hydrogens is 220 g/mol. The zero-order valence-electron chi connectivity index (χ0n) is 11.8. The van der Waals surface area contributed by atoms with Crippen molar-refractivity contribution in [2.45, 2.75) is 57.5 Å². The second-order valence-corrected chi connectivity index (χ2v) is 7.44. The van der Waals surface area contributed by atoms with E-state index in [9.17, 15) is 0 Å². The summed E-state index contributed by atoms with van der Waals surface area (Å²) in [5, 5.41) is 3.59. The Morgan fingerprint density at radius 1 is 0.944 bits per heavy atom. The molecule has 2 nitrogen and oxygen atoms in total. The molecule has 4 aliphatic rings. The average Bonchev–Trinajstić information content (AvgIpc) is 3.06. The average molecular weight is 248 g/mol. The third kappa shape index (κ3) is 1.92. The van der Waals surface area contributed by atoms with E-state index in [4.69, 9.17) is 0 Å². The van der Waals surface area contributed by atoms with Gasteiger partial charge in [0.2, 0.25) is 0 Å². The highest BCUT2D eigenvalue weighted by atomic mass is 15.2. The molecule has 2 heteroatoms. The van der Waals surface area contributed by atoms with Gasteiger partial charge >= 0.3 is 0 Å². The van der Waals surface area contributed by atoms with Crippen molar-refractivity contribution in [1.82, 2.24) is 10.2 Å². The number of nitrogens with one attached hydrogen (secondary N) is 1. The minimum Gasteiger partial charge on any atom is -0.316 e. The fourth-order valence-corrected chi connectivity index (χ4v) is 5.18. The quantitative estimate of drug-likeness (QED) is 0.808. The van der Waals surface area contributed by atoms with Crippen molar-refractivity contribution in [3.63, 3.8) is 0 Å². The SMILES string of the molecule is CC1C2CNCC2CN1C1CCCC(C2CC2)C1. The molecule has 0 amide bonds. The summed E-state index contributed by atoms with van der Waals surface area (Å²) in [6.45, 7) is 6.45. The molecule has 2 saturated heterocycles. The molecule has 2 aliphatic carbocycles. The summed E-state index contributed by atoms with van der Waals surface area (Å²) in [4.78, 5) is 2.91. The minimum atomic E-state index is 0.841. The van der Waals surface area contributed by atoms with Crippen LogP contribution in [0.15, 0.2) is 0 Å². The van der Waals surface area contributed by atoms with Gasteiger partial charge in [-0.2, -0.15) is 0 Å². The van der Waals surface area contributed by atoms with Crippen LogP contribution in [0.4, 0.5) is 0 Å². The topological polar surface area (TPSA) is 15.3 Å². The lowest BCUT2D eigenvalue weighted by atomic mass is 9.82. The first kappa shape index (κ1) is 11.7. The molecule has 0 radical (unpaired) electrons. The summed E-state index contributed by atoms with van der Waals surface area (Å²) in [6, 6.07) is 1.78. The van der Waals surface area contributed by atoms with Crippen LogP contribution in [0, 0.1) is 23.7 Å². The fourth-order valence-electron chi connectivity index (χ4n) is 5.18. The van der Waals surface area contributed by atoms with Gasteiger partial charge in [-0.1, -0.05) is 12.8 Å². The van der Waals surface area contributed by atoms with Crippen molar-refractivity contribution >= 4 is 0 Å². The van der Waals surface area contributed by atoms with Crippen molar-refractivity contribution in [1.29, 1.82) is 0 Å². The van der Waals surface area contributed by atoms with Gasteiger partial charge in [0, 0.05) is 18.6 Å². The molecular formula is C16H28N2. The summed E-state index contributed by atoms with van der Waals surface area (Å²) >= 11 is 0. The van der Waals surface area contributed by atoms with Crippen molar-refractivity contribution in [3.8, 4) is 0 Å². The standard InChI is InChI=1S/C16H28N2/c1-11-16-9-17-8-14(16)10-18(11)15-4-2-3-13(7-15)12-5-6-12/h11-17H,2-10H2,1H3. The highest BCUT2D eigenvalue weighted by molar-refractivity contribution is 5.00. The summed E-state index contributed by atoms with van der Waals surface area (Å²) in [5.74, 6) is 4.13. The number of hydrogen-bond acceptors (Lipinski definition) is 2. The van der Waals surface area contributed by atoms with Crippen molar-refractivity contribution in [3.05, 3.63) is 0 Å². The van der Waals surface area contributed by atoms with E-state index in [1.165, 1.54) is 45.3 Å². The maximum absolute atomic E-state index is 3.59. The molecule has 0 aromatic heterocycles. The Hall–Kier alpha value is -0.0800. The highest BCUT2D eigenvalue weighted by Gasteiger charge is 2.45. The van der Waals surface area contributed by atoms with Crippen LogP contribution in [0.3, 0.4) is 0 Å². The van der Waals surface area contributed by atoms with Gasteiger partial charge in [0.1, 0.15) is 0 Å². The third-order valence-corrected chi connectivity index (χ3v) is 6.42. The van der Waals surface area contributed by atoms with Crippen LogP contribution < -0.4 is 5.32 Å². The Kier molecular flexibility index (Phi) is 2.92. The smallest absolute Gasteiger partial charge is 0.0114 e. The summed E-state index contributed by atoms with van der Waals surface area (Å²) in [7, 11) is 0. The van der Waals surface area contributed by atoms with Crippen molar-refractivity contribution in [2.24, 2.45) is 23.7 Å². The first-order chi connectivity index (χ1) is 8.83. The molecule has 2 saturated carbocycles. The van der Waals surface area contributed by atoms with Gasteiger partial charge in [0.15, 0.2) is 0 Å². The predicted octanol–water partition coefficient (Wildman–Crippen LogP) is 2.49. The van der Waals surface area contributed by atoms with E-state index >= 15 is 0 Å². The summed E-state index contributed by atoms with van der Waals surface area (Å²) < 4.78 is 0. The van der Waals surface area contributed by atoms with Crippen LogP contribution in [0.1, 0.15) is 45.4 Å². The molecule has 4 fully saturated rings. The Labute approximate surface area is 111 Å². The molecule has 2 aliphatic heterocycles. The lowest BCUT2D eigenvalue weighted by molar-refractivity contribution is 0.106. The van der Waals surface area contributed by atoms with E-state index in [0.717, 1.165) is 35.8 Å². The van der Waals surface area contributed by atoms with E-state index in [0.29, 0.717) is 0 Å². The lowest BCUT2D eigenvalue weighted by Gasteiger charge is -2.38. The molecule has 0 spiro atoms. The van der Waals surface area contributed by atoms with Gasteiger partial charge in [-0.05, 0) is 69.4 Å². The molecule has 0 bridgehead atoms. The Balaban J connectivity index is 1.43. The molecule has 5 unspecified atom stereocenters. The first-order valence-corrected chi connectivity index (χ1v) is 8.29. The minimum absolute atomic E-state index is 0.841. The van der Waals surface area contributed by atoms with Crippen LogP contribution in [-0.4, -0.2) is 36.6 Å². The lowest BCUT2D eigenvalue weighted by Crippen LogP contribution is -2.43. The number of nitrogens with zero attached hydrogens (tertiary/aromatic N) is 1. The zero-order chi connectivity index (χ0) is 12.1. The van der Waals surface area contributed by atoms with Gasteiger partial charge in [0.25, 0.3) is 0 Å². The largest absolute Gasteiger partial charge is 0.316 e. The van der Waals surface area contributed by atoms with Gasteiger partial charge in [0.05, 0.1) is 0 Å². The van der Waals surface area contributed by atoms with E-state index in [2.05, 4.69) is 17.1 Å². The van der Waals surface area contributed by atoms with Crippen LogP contribution in [-0.2, 0) is 0 Å². The van der Waals surface area contributed by atoms with E-state index in [-0.39, 0.29) is 0 Å².